The lowest BCUT2D eigenvalue weighted by atomic mass is 9.91. The molecule has 0 radical (unpaired) electrons. The molecule has 0 saturated carbocycles. The lowest BCUT2D eigenvalue weighted by Crippen LogP contribution is -2.42. The number of anilines is 4. The third kappa shape index (κ3) is 5.48. The van der Waals surface area contributed by atoms with E-state index >= 15 is 0 Å². The van der Waals surface area contributed by atoms with Gasteiger partial charge in [-0.25, -0.2) is 9.78 Å². The predicted octanol–water partition coefficient (Wildman–Crippen LogP) is 3.06. The number of carbonyl (C=O) groups is 3. The molecular weight excluding hydrogens is 466 g/mol. The summed E-state index contributed by atoms with van der Waals surface area (Å²) in [4.78, 5) is 46.4. The number of hydrogen-bond acceptors (Lipinski definition) is 6. The van der Waals surface area contributed by atoms with Crippen molar-refractivity contribution in [1.82, 2.24) is 14.9 Å². The van der Waals surface area contributed by atoms with Gasteiger partial charge in [0.25, 0.3) is 0 Å². The van der Waals surface area contributed by atoms with Crippen molar-refractivity contribution in [3.05, 3.63) is 34.9 Å². The van der Waals surface area contributed by atoms with E-state index in [9.17, 15) is 14.4 Å². The van der Waals surface area contributed by atoms with Crippen molar-refractivity contribution in [3.63, 3.8) is 0 Å². The van der Waals surface area contributed by atoms with E-state index in [4.69, 9.17) is 5.73 Å². The second kappa shape index (κ2) is 9.29. The van der Waals surface area contributed by atoms with Gasteiger partial charge in [-0.05, 0) is 60.8 Å². The van der Waals surface area contributed by atoms with Gasteiger partial charge in [-0.3, -0.25) is 9.59 Å². The van der Waals surface area contributed by atoms with Crippen molar-refractivity contribution in [2.45, 2.75) is 26.7 Å². The number of nitrogens with two attached hydrogens (primary N) is 1. The smallest absolute Gasteiger partial charge is 0.321 e. The quantitative estimate of drug-likeness (QED) is 0.459. The van der Waals surface area contributed by atoms with Crippen LogP contribution in [0.5, 0.6) is 0 Å². The van der Waals surface area contributed by atoms with Crippen molar-refractivity contribution in [2.75, 3.05) is 29.0 Å². The molecule has 1 fully saturated rings. The maximum absolute atomic E-state index is 12.4. The summed E-state index contributed by atoms with van der Waals surface area (Å²) in [5, 5.41) is 8.51. The highest BCUT2D eigenvalue weighted by Crippen LogP contribution is 2.25. The van der Waals surface area contributed by atoms with E-state index in [1.165, 1.54) is 20.0 Å². The van der Waals surface area contributed by atoms with E-state index < -0.39 is 17.2 Å². The van der Waals surface area contributed by atoms with E-state index in [0.717, 1.165) is 25.9 Å². The number of hydrogen-bond donors (Lipinski definition) is 4. The van der Waals surface area contributed by atoms with E-state index in [2.05, 4.69) is 41.8 Å². The molecule has 0 bridgehead atoms. The first-order valence-electron chi connectivity index (χ1n) is 9.74. The maximum Gasteiger partial charge on any atom is 0.321 e. The second-order valence-corrected chi connectivity index (χ2v) is 8.52. The number of amides is 4. The van der Waals surface area contributed by atoms with Gasteiger partial charge in [-0.2, -0.15) is 4.98 Å². The Balaban J connectivity index is 1.71. The zero-order valence-electron chi connectivity index (χ0n) is 17.2. The fraction of sp³-hybridized carbons (Fsp3) is 0.350. The molecule has 2 heterocycles. The van der Waals surface area contributed by atoms with Crippen molar-refractivity contribution in [1.29, 1.82) is 0 Å². The van der Waals surface area contributed by atoms with Gasteiger partial charge in [-0.1, -0.05) is 6.07 Å². The Bertz CT molecular complexity index is 1010. The Morgan fingerprint density at radius 2 is 1.81 bits per heavy atom. The van der Waals surface area contributed by atoms with Crippen LogP contribution >= 0.6 is 15.9 Å². The average Bonchev–Trinajstić information content (AvgIpc) is 3.25. The SMILES string of the molecule is CC(C)(C(N)=O)C(=O)Nc1nc(Nc2cccc(NC(=O)N3CCCC3)c2)ncc1Br. The summed E-state index contributed by atoms with van der Waals surface area (Å²) in [6.45, 7) is 4.39. The molecule has 0 aliphatic carbocycles. The van der Waals surface area contributed by atoms with Crippen molar-refractivity contribution < 1.29 is 14.4 Å². The molecule has 1 aromatic carbocycles. The molecule has 1 saturated heterocycles. The Labute approximate surface area is 188 Å². The van der Waals surface area contributed by atoms with Gasteiger partial charge in [0.1, 0.15) is 5.41 Å². The number of carbonyl (C=O) groups excluding carboxylic acids is 3. The van der Waals surface area contributed by atoms with Crippen molar-refractivity contribution in [2.24, 2.45) is 11.1 Å². The van der Waals surface area contributed by atoms with Gasteiger partial charge >= 0.3 is 6.03 Å². The molecule has 1 aliphatic heterocycles. The average molecular weight is 490 g/mol. The minimum atomic E-state index is -1.40. The maximum atomic E-state index is 12.4. The molecule has 4 amide bonds. The number of nitrogens with zero attached hydrogens (tertiary/aromatic N) is 3. The van der Waals surface area contributed by atoms with Crippen LogP contribution in [0.15, 0.2) is 34.9 Å². The Hall–Kier alpha value is -3.21. The number of urea groups is 1. The normalized spacial score (nSPS) is 13.6. The molecular formula is C20H24BrN7O3. The summed E-state index contributed by atoms with van der Waals surface area (Å²) in [6.07, 6.45) is 3.51. The summed E-state index contributed by atoms with van der Waals surface area (Å²) in [5.74, 6) is -0.924. The highest BCUT2D eigenvalue weighted by Gasteiger charge is 2.34. The molecule has 164 valence electrons. The van der Waals surface area contributed by atoms with Gasteiger partial charge in [0.2, 0.25) is 17.8 Å². The molecule has 2 aromatic rings. The fourth-order valence-electron chi connectivity index (χ4n) is 2.82. The van der Waals surface area contributed by atoms with Crippen LogP contribution in [0.2, 0.25) is 0 Å². The predicted molar refractivity (Wildman–Crippen MR) is 121 cm³/mol. The summed E-state index contributed by atoms with van der Waals surface area (Å²) in [5.41, 5.74) is 5.18. The fourth-order valence-corrected chi connectivity index (χ4v) is 3.11. The van der Waals surface area contributed by atoms with Crippen molar-refractivity contribution in [3.8, 4) is 0 Å². The number of primary amides is 1. The van der Waals surface area contributed by atoms with Crippen LogP contribution in [-0.4, -0.2) is 45.8 Å². The third-order valence-corrected chi connectivity index (χ3v) is 5.50. The first-order chi connectivity index (χ1) is 14.7. The summed E-state index contributed by atoms with van der Waals surface area (Å²) >= 11 is 3.28. The first-order valence-corrected chi connectivity index (χ1v) is 10.5. The highest BCUT2D eigenvalue weighted by atomic mass is 79.9. The number of likely N-dealkylation sites (tertiary alicyclic amines) is 1. The molecule has 5 N–H and O–H groups in total. The Morgan fingerprint density at radius 1 is 1.13 bits per heavy atom. The van der Waals surface area contributed by atoms with Crippen LogP contribution in [-0.2, 0) is 9.59 Å². The first kappa shape index (κ1) is 22.5. The molecule has 3 rings (SSSR count). The van der Waals surface area contributed by atoms with Gasteiger partial charge in [0, 0.05) is 30.7 Å². The van der Waals surface area contributed by atoms with Crippen molar-refractivity contribution >= 4 is 56.9 Å². The third-order valence-electron chi connectivity index (χ3n) is 4.92. The summed E-state index contributed by atoms with van der Waals surface area (Å²) in [6, 6.07) is 7.01. The lowest BCUT2D eigenvalue weighted by Gasteiger charge is -2.19. The van der Waals surface area contributed by atoms with Crippen LogP contribution < -0.4 is 21.7 Å². The van der Waals surface area contributed by atoms with E-state index in [1.54, 1.807) is 29.2 Å². The molecule has 31 heavy (non-hydrogen) atoms. The van der Waals surface area contributed by atoms with E-state index in [0.29, 0.717) is 15.8 Å². The van der Waals surface area contributed by atoms with Gasteiger partial charge in [-0.15, -0.1) is 0 Å². The van der Waals surface area contributed by atoms with E-state index in [1.807, 2.05) is 0 Å². The van der Waals surface area contributed by atoms with Crippen LogP contribution in [0.25, 0.3) is 0 Å². The number of rotatable bonds is 6. The Kier molecular flexibility index (Phi) is 6.74. The van der Waals surface area contributed by atoms with Gasteiger partial charge < -0.3 is 26.6 Å². The Morgan fingerprint density at radius 3 is 2.48 bits per heavy atom. The van der Waals surface area contributed by atoms with Crippen LogP contribution in [0.1, 0.15) is 26.7 Å². The summed E-state index contributed by atoms with van der Waals surface area (Å²) in [7, 11) is 0. The minimum absolute atomic E-state index is 0.128. The lowest BCUT2D eigenvalue weighted by molar-refractivity contribution is -0.136. The zero-order valence-corrected chi connectivity index (χ0v) is 18.8. The number of halogens is 1. The molecule has 0 atom stereocenters. The second-order valence-electron chi connectivity index (χ2n) is 7.66. The molecule has 1 aromatic heterocycles. The largest absolute Gasteiger partial charge is 0.369 e. The van der Waals surface area contributed by atoms with Crippen LogP contribution in [0.3, 0.4) is 0 Å². The molecule has 0 unspecified atom stereocenters. The van der Waals surface area contributed by atoms with Gasteiger partial charge in [0.05, 0.1) is 4.47 Å². The standard InChI is InChI=1S/C20H24BrN7O3/c1-20(2,16(22)29)17(30)26-15-14(21)11-23-18(27-15)24-12-6-5-7-13(10-12)25-19(31)28-8-3-4-9-28/h5-7,10-11H,3-4,8-9H2,1-2H3,(H2,22,29)(H,25,31)(H2,23,24,26,27,30). The minimum Gasteiger partial charge on any atom is -0.369 e. The van der Waals surface area contributed by atoms with E-state index in [-0.39, 0.29) is 17.8 Å². The van der Waals surface area contributed by atoms with Gasteiger partial charge in [0.15, 0.2) is 5.82 Å². The number of benzene rings is 1. The van der Waals surface area contributed by atoms with Crippen LogP contribution in [0.4, 0.5) is 27.9 Å². The molecule has 1 aliphatic rings. The molecule has 0 spiro atoms. The zero-order chi connectivity index (χ0) is 22.6. The highest BCUT2D eigenvalue weighted by molar-refractivity contribution is 9.10. The number of nitrogens with one attached hydrogen (secondary N) is 3. The topological polar surface area (TPSA) is 142 Å². The molecule has 10 nitrogen and oxygen atoms in total. The summed E-state index contributed by atoms with van der Waals surface area (Å²) < 4.78 is 0.443. The number of aromatic nitrogens is 2. The monoisotopic (exact) mass is 489 g/mol. The molecule has 11 heteroatoms. The van der Waals surface area contributed by atoms with Crippen LogP contribution in [0, 0.1) is 5.41 Å².